The number of carbonyl (C=O) groups is 1. The number of hydrogen-bond donors (Lipinski definition) is 2. The molecule has 1 aliphatic rings. The van der Waals surface area contributed by atoms with E-state index in [4.69, 9.17) is 23.7 Å². The van der Waals surface area contributed by atoms with E-state index in [0.717, 1.165) is 6.42 Å². The first-order chi connectivity index (χ1) is 14.5. The Morgan fingerprint density at radius 1 is 1.17 bits per heavy atom. The van der Waals surface area contributed by atoms with Crippen LogP contribution in [0.2, 0.25) is 0 Å². The van der Waals surface area contributed by atoms with Crippen LogP contribution in [0.4, 0.5) is 0 Å². The monoisotopic (exact) mass is 425 g/mol. The SMILES string of the molecule is CCCOC(=O)C1(C)CN=C(c2nccc(OCCOCCOCCOC)c2O)N1. The molecule has 2 rings (SSSR count). The molecule has 1 aliphatic heterocycles. The Kier molecular flexibility index (Phi) is 9.78. The smallest absolute Gasteiger partial charge is 0.333 e. The van der Waals surface area contributed by atoms with Crippen molar-refractivity contribution in [1.29, 1.82) is 0 Å². The predicted molar refractivity (Wildman–Crippen MR) is 109 cm³/mol. The summed E-state index contributed by atoms with van der Waals surface area (Å²) >= 11 is 0. The number of hydrogen-bond acceptors (Lipinski definition) is 10. The third-order valence-electron chi connectivity index (χ3n) is 4.24. The molecule has 0 aromatic carbocycles. The normalized spacial score (nSPS) is 18.0. The quantitative estimate of drug-likeness (QED) is 0.331. The number of nitrogens with zero attached hydrogens (tertiary/aromatic N) is 2. The van der Waals surface area contributed by atoms with E-state index in [1.165, 1.54) is 6.20 Å². The number of aromatic nitrogens is 1. The molecule has 0 aliphatic carbocycles. The van der Waals surface area contributed by atoms with Crippen molar-refractivity contribution in [2.24, 2.45) is 4.99 Å². The van der Waals surface area contributed by atoms with Gasteiger partial charge < -0.3 is 34.1 Å². The van der Waals surface area contributed by atoms with Gasteiger partial charge in [0.15, 0.2) is 28.6 Å². The number of carbonyl (C=O) groups excluding carboxylic acids is 1. The van der Waals surface area contributed by atoms with Crippen LogP contribution in [-0.4, -0.2) is 87.3 Å². The van der Waals surface area contributed by atoms with Gasteiger partial charge in [0.1, 0.15) is 6.61 Å². The fourth-order valence-electron chi connectivity index (χ4n) is 2.58. The van der Waals surface area contributed by atoms with Crippen LogP contribution >= 0.6 is 0 Å². The maximum Gasteiger partial charge on any atom is 0.333 e. The first kappa shape index (κ1) is 23.8. The summed E-state index contributed by atoms with van der Waals surface area (Å²) in [5, 5.41) is 13.5. The lowest BCUT2D eigenvalue weighted by Crippen LogP contribution is -2.51. The van der Waals surface area contributed by atoms with E-state index < -0.39 is 11.5 Å². The van der Waals surface area contributed by atoms with Crippen molar-refractivity contribution in [1.82, 2.24) is 10.3 Å². The summed E-state index contributed by atoms with van der Waals surface area (Å²) in [7, 11) is 1.62. The number of nitrogens with one attached hydrogen (secondary N) is 1. The number of esters is 1. The van der Waals surface area contributed by atoms with E-state index in [1.54, 1.807) is 20.1 Å². The van der Waals surface area contributed by atoms with Gasteiger partial charge in [-0.1, -0.05) is 6.92 Å². The first-order valence-corrected chi connectivity index (χ1v) is 9.97. The highest BCUT2D eigenvalue weighted by Crippen LogP contribution is 2.30. The highest BCUT2D eigenvalue weighted by atomic mass is 16.6. The summed E-state index contributed by atoms with van der Waals surface area (Å²) in [5.41, 5.74) is -0.777. The van der Waals surface area contributed by atoms with E-state index in [9.17, 15) is 9.90 Å². The average molecular weight is 425 g/mol. The third-order valence-corrected chi connectivity index (χ3v) is 4.24. The molecule has 30 heavy (non-hydrogen) atoms. The Hall–Kier alpha value is -2.43. The van der Waals surface area contributed by atoms with Crippen molar-refractivity contribution >= 4 is 11.8 Å². The Morgan fingerprint density at radius 2 is 1.87 bits per heavy atom. The van der Waals surface area contributed by atoms with Crippen LogP contribution in [0.5, 0.6) is 11.5 Å². The fourth-order valence-corrected chi connectivity index (χ4v) is 2.58. The van der Waals surface area contributed by atoms with Crippen LogP contribution in [0.25, 0.3) is 0 Å². The van der Waals surface area contributed by atoms with Crippen LogP contribution in [0.1, 0.15) is 26.0 Å². The molecule has 0 fully saturated rings. The molecule has 0 saturated heterocycles. The van der Waals surface area contributed by atoms with E-state index in [2.05, 4.69) is 15.3 Å². The molecule has 0 radical (unpaired) electrons. The molecule has 168 valence electrons. The topological polar surface area (TPSA) is 121 Å². The molecule has 0 amide bonds. The molecule has 1 aromatic heterocycles. The second-order valence-electron chi connectivity index (χ2n) is 6.83. The van der Waals surface area contributed by atoms with Gasteiger partial charge in [-0.15, -0.1) is 0 Å². The van der Waals surface area contributed by atoms with E-state index >= 15 is 0 Å². The van der Waals surface area contributed by atoms with Gasteiger partial charge in [0, 0.05) is 19.4 Å². The molecule has 0 spiro atoms. The number of ether oxygens (including phenoxy) is 5. The highest BCUT2D eigenvalue weighted by Gasteiger charge is 2.40. The maximum atomic E-state index is 12.3. The molecule has 10 heteroatoms. The lowest BCUT2D eigenvalue weighted by Gasteiger charge is -2.22. The van der Waals surface area contributed by atoms with Crippen LogP contribution < -0.4 is 10.1 Å². The molecule has 2 N–H and O–H groups in total. The number of amidine groups is 1. The van der Waals surface area contributed by atoms with Crippen molar-refractivity contribution in [2.75, 3.05) is 59.9 Å². The minimum Gasteiger partial charge on any atom is -0.503 e. The van der Waals surface area contributed by atoms with Gasteiger partial charge in [-0.05, 0) is 13.3 Å². The summed E-state index contributed by atoms with van der Waals surface area (Å²) < 4.78 is 26.4. The zero-order chi connectivity index (χ0) is 21.8. The predicted octanol–water partition coefficient (Wildman–Crippen LogP) is 0.907. The van der Waals surface area contributed by atoms with E-state index in [-0.39, 0.29) is 30.3 Å². The van der Waals surface area contributed by atoms with Gasteiger partial charge >= 0.3 is 5.97 Å². The summed E-state index contributed by atoms with van der Waals surface area (Å²) in [6.45, 7) is 6.73. The fraction of sp³-hybridized carbons (Fsp3) is 0.650. The summed E-state index contributed by atoms with van der Waals surface area (Å²) in [4.78, 5) is 20.7. The van der Waals surface area contributed by atoms with Gasteiger partial charge in [-0.3, -0.25) is 4.99 Å². The second-order valence-corrected chi connectivity index (χ2v) is 6.83. The number of aliphatic imine (C=N–C) groups is 1. The largest absolute Gasteiger partial charge is 0.503 e. The number of rotatable bonds is 14. The molecule has 1 atom stereocenters. The molecular weight excluding hydrogens is 394 g/mol. The van der Waals surface area contributed by atoms with E-state index in [0.29, 0.717) is 45.5 Å². The number of methoxy groups -OCH3 is 1. The Morgan fingerprint density at radius 3 is 2.57 bits per heavy atom. The van der Waals surface area contributed by atoms with Gasteiger partial charge in [0.25, 0.3) is 0 Å². The molecule has 2 heterocycles. The molecule has 0 saturated carbocycles. The lowest BCUT2D eigenvalue weighted by molar-refractivity contribution is -0.149. The van der Waals surface area contributed by atoms with Gasteiger partial charge in [-0.25, -0.2) is 9.78 Å². The molecular formula is C20H31N3O7. The zero-order valence-corrected chi connectivity index (χ0v) is 17.8. The standard InChI is InChI=1S/C20H31N3O7/c1-4-7-30-19(25)20(2)14-22-18(23-20)16-17(24)15(5-6-21-16)29-13-12-28-11-10-27-9-8-26-3/h5-6,24H,4,7-14H2,1-3H3,(H,22,23). The van der Waals surface area contributed by atoms with Crippen LogP contribution in [0, 0.1) is 0 Å². The third kappa shape index (κ3) is 6.82. The van der Waals surface area contributed by atoms with Crippen molar-refractivity contribution in [3.63, 3.8) is 0 Å². The minimum absolute atomic E-state index is 0.155. The Labute approximate surface area is 176 Å². The molecule has 10 nitrogen and oxygen atoms in total. The summed E-state index contributed by atoms with van der Waals surface area (Å²) in [6, 6.07) is 1.55. The molecule has 1 unspecified atom stereocenters. The lowest BCUT2D eigenvalue weighted by atomic mass is 10.0. The van der Waals surface area contributed by atoms with Crippen LogP contribution in [0.3, 0.4) is 0 Å². The molecule has 0 bridgehead atoms. The second kappa shape index (κ2) is 12.3. The van der Waals surface area contributed by atoms with Crippen molar-refractivity contribution in [2.45, 2.75) is 25.8 Å². The highest BCUT2D eigenvalue weighted by molar-refractivity contribution is 6.04. The maximum absolute atomic E-state index is 12.3. The van der Waals surface area contributed by atoms with E-state index in [1.807, 2.05) is 6.92 Å². The van der Waals surface area contributed by atoms with Crippen LogP contribution in [0.15, 0.2) is 17.3 Å². The van der Waals surface area contributed by atoms with Crippen molar-refractivity contribution < 1.29 is 33.6 Å². The summed E-state index contributed by atoms with van der Waals surface area (Å²) in [5.74, 6) is 0.0288. The van der Waals surface area contributed by atoms with Crippen molar-refractivity contribution in [3.05, 3.63) is 18.0 Å². The Bertz CT molecular complexity index is 714. The minimum atomic E-state index is -0.991. The number of pyridine rings is 1. The number of aromatic hydroxyl groups is 1. The zero-order valence-electron chi connectivity index (χ0n) is 17.8. The van der Waals surface area contributed by atoms with Crippen LogP contribution in [-0.2, 0) is 23.7 Å². The average Bonchev–Trinajstić information content (AvgIpc) is 3.15. The van der Waals surface area contributed by atoms with Gasteiger partial charge in [0.05, 0.1) is 46.2 Å². The molecule has 1 aromatic rings. The van der Waals surface area contributed by atoms with Gasteiger partial charge in [-0.2, -0.15) is 0 Å². The summed E-state index contributed by atoms with van der Waals surface area (Å²) in [6.07, 6.45) is 2.24. The Balaban J connectivity index is 1.82. The first-order valence-electron chi connectivity index (χ1n) is 9.97. The van der Waals surface area contributed by atoms with Gasteiger partial charge in [0.2, 0.25) is 0 Å². The van der Waals surface area contributed by atoms with Crippen molar-refractivity contribution in [3.8, 4) is 11.5 Å².